The number of nitrogens with one attached hydrogen (secondary N) is 1. The number of nitrogens with two attached hydrogens (primary N) is 1. The number of rotatable bonds is 5. The summed E-state index contributed by atoms with van der Waals surface area (Å²) >= 11 is 0. The lowest BCUT2D eigenvalue weighted by atomic mass is 9.89. The molecular weight excluding hydrogens is 442 g/mol. The Kier molecular flexibility index (Phi) is 5.81. The van der Waals surface area contributed by atoms with E-state index in [-0.39, 0.29) is 36.5 Å². The number of aromatic nitrogens is 2. The van der Waals surface area contributed by atoms with E-state index in [2.05, 4.69) is 0 Å². The van der Waals surface area contributed by atoms with Gasteiger partial charge in [0.15, 0.2) is 0 Å². The Morgan fingerprint density at radius 3 is 2.41 bits per heavy atom. The fourth-order valence-corrected chi connectivity index (χ4v) is 5.09. The number of likely N-dealkylation sites (tertiary alicyclic amines) is 1. The Morgan fingerprint density at radius 1 is 1.19 bits per heavy atom. The third-order valence-electron chi connectivity index (χ3n) is 6.69. The molecule has 2 heterocycles. The number of aromatic amines is 1. The van der Waals surface area contributed by atoms with Gasteiger partial charge in [-0.05, 0) is 44.2 Å². The highest BCUT2D eigenvalue weighted by Gasteiger charge is 2.44. The van der Waals surface area contributed by atoms with Crippen molar-refractivity contribution in [2.45, 2.75) is 69.5 Å². The molecule has 0 amide bonds. The van der Waals surface area contributed by atoms with Crippen LogP contribution < -0.4 is 27.6 Å². The number of H-pyrrole nitrogens is 1. The largest absolute Gasteiger partial charge is 0.390 e. The Hall–Kier alpha value is -2.08. The van der Waals surface area contributed by atoms with Crippen LogP contribution in [0.5, 0.6) is 0 Å². The van der Waals surface area contributed by atoms with Crippen molar-refractivity contribution in [2.75, 3.05) is 13.1 Å². The van der Waals surface area contributed by atoms with Gasteiger partial charge < -0.3 is 5.73 Å². The molecule has 1 saturated carbocycles. The predicted octanol–water partition coefficient (Wildman–Crippen LogP) is 0.780. The minimum absolute atomic E-state index is 0.00140. The highest BCUT2D eigenvalue weighted by Crippen LogP contribution is 2.35. The molecule has 4 unspecified atom stereocenters. The van der Waals surface area contributed by atoms with Crippen LogP contribution in [0.4, 0.5) is 26.3 Å². The van der Waals surface area contributed by atoms with Gasteiger partial charge in [0.05, 0.1) is 23.0 Å². The second-order valence-corrected chi connectivity index (χ2v) is 8.90. The molecule has 3 aliphatic rings. The van der Waals surface area contributed by atoms with Gasteiger partial charge in [0.25, 0.3) is 12.0 Å². The molecular formula is C20H24F6N4O2. The topological polar surface area (TPSA) is 84.1 Å². The van der Waals surface area contributed by atoms with Crippen molar-refractivity contribution < 1.29 is 26.3 Å². The number of alkyl halides is 6. The number of hydrogen-bond acceptors (Lipinski definition) is 4. The molecule has 1 aromatic heterocycles. The minimum atomic E-state index is -4.45. The van der Waals surface area contributed by atoms with Crippen molar-refractivity contribution >= 4 is 11.1 Å². The molecule has 2 aliphatic carbocycles. The van der Waals surface area contributed by atoms with E-state index < -0.39 is 65.2 Å². The van der Waals surface area contributed by atoms with Gasteiger partial charge in [-0.15, -0.1) is 0 Å². The molecule has 32 heavy (non-hydrogen) atoms. The fourth-order valence-electron chi connectivity index (χ4n) is 5.09. The van der Waals surface area contributed by atoms with Crippen LogP contribution in [0.2, 0.25) is 0 Å². The quantitative estimate of drug-likeness (QED) is 0.629. The smallest absolute Gasteiger partial charge is 0.327 e. The van der Waals surface area contributed by atoms with Gasteiger partial charge in [-0.2, -0.15) is 13.2 Å². The van der Waals surface area contributed by atoms with Crippen LogP contribution >= 0.6 is 0 Å². The third-order valence-corrected chi connectivity index (χ3v) is 6.69. The van der Waals surface area contributed by atoms with Crippen LogP contribution in [0.15, 0.2) is 9.59 Å². The average Bonchev–Trinajstić information content (AvgIpc) is 3.37. The summed E-state index contributed by atoms with van der Waals surface area (Å²) in [5.74, 6) is -0.585. The van der Waals surface area contributed by atoms with E-state index in [1.54, 1.807) is 0 Å². The second kappa shape index (κ2) is 8.05. The zero-order valence-electron chi connectivity index (χ0n) is 17.3. The molecule has 1 aliphatic heterocycles. The maximum absolute atomic E-state index is 15.5. The SMILES string of the molecule is CC1=c2c(c(=O)[nH]c(=O)n2C2CC2)=C(C(F)F)C(F)C1N1CCC(C(N)CC(F)(F)F)C1. The van der Waals surface area contributed by atoms with Gasteiger partial charge in [0, 0.05) is 24.2 Å². The van der Waals surface area contributed by atoms with E-state index in [0.29, 0.717) is 12.8 Å². The number of nitrogens with zero attached hydrogens (tertiary/aromatic N) is 2. The maximum Gasteiger partial charge on any atom is 0.390 e. The van der Waals surface area contributed by atoms with Crippen LogP contribution in [-0.4, -0.2) is 58.4 Å². The van der Waals surface area contributed by atoms with Crippen LogP contribution in [0.3, 0.4) is 0 Å². The average molecular weight is 466 g/mol. The van der Waals surface area contributed by atoms with Crippen molar-refractivity contribution in [3.63, 3.8) is 0 Å². The predicted molar refractivity (Wildman–Crippen MR) is 104 cm³/mol. The molecule has 0 spiro atoms. The Bertz CT molecular complexity index is 1140. The summed E-state index contributed by atoms with van der Waals surface area (Å²) in [5, 5.41) is -0.518. The normalized spacial score (nSPS) is 27.8. The van der Waals surface area contributed by atoms with Crippen LogP contribution in [0.25, 0.3) is 11.1 Å². The van der Waals surface area contributed by atoms with Gasteiger partial charge in [0.2, 0.25) is 0 Å². The summed E-state index contributed by atoms with van der Waals surface area (Å²) in [6, 6.07) is -2.69. The van der Waals surface area contributed by atoms with Crippen molar-refractivity contribution in [2.24, 2.45) is 11.7 Å². The zero-order valence-corrected chi connectivity index (χ0v) is 17.3. The van der Waals surface area contributed by atoms with E-state index in [0.717, 1.165) is 0 Å². The zero-order chi connectivity index (χ0) is 23.5. The molecule has 3 N–H and O–H groups in total. The molecule has 0 aromatic carbocycles. The van der Waals surface area contributed by atoms with Gasteiger partial charge in [-0.3, -0.25) is 19.2 Å². The summed E-state index contributed by atoms with van der Waals surface area (Å²) in [7, 11) is 0. The molecule has 2 fully saturated rings. The van der Waals surface area contributed by atoms with Crippen molar-refractivity contribution in [3.8, 4) is 0 Å². The van der Waals surface area contributed by atoms with E-state index in [1.807, 2.05) is 4.98 Å². The minimum Gasteiger partial charge on any atom is -0.327 e. The van der Waals surface area contributed by atoms with Crippen LogP contribution in [-0.2, 0) is 0 Å². The molecule has 4 rings (SSSR count). The lowest BCUT2D eigenvalue weighted by Crippen LogP contribution is -2.62. The first-order valence-electron chi connectivity index (χ1n) is 10.5. The molecule has 0 radical (unpaired) electrons. The molecule has 1 aromatic rings. The Morgan fingerprint density at radius 2 is 1.84 bits per heavy atom. The van der Waals surface area contributed by atoms with E-state index in [1.165, 1.54) is 16.4 Å². The van der Waals surface area contributed by atoms with Crippen molar-refractivity contribution in [3.05, 3.63) is 31.4 Å². The molecule has 1 saturated heterocycles. The summed E-state index contributed by atoms with van der Waals surface area (Å²) in [5.41, 5.74) is 3.17. The monoisotopic (exact) mass is 466 g/mol. The third kappa shape index (κ3) is 4.02. The summed E-state index contributed by atoms with van der Waals surface area (Å²) < 4.78 is 82.9. The van der Waals surface area contributed by atoms with Gasteiger partial charge in [0.1, 0.15) is 6.17 Å². The van der Waals surface area contributed by atoms with Crippen molar-refractivity contribution in [1.29, 1.82) is 0 Å². The lowest BCUT2D eigenvalue weighted by molar-refractivity contribution is -0.140. The number of hydrogen-bond donors (Lipinski definition) is 2. The van der Waals surface area contributed by atoms with Gasteiger partial charge in [-0.25, -0.2) is 18.0 Å². The van der Waals surface area contributed by atoms with E-state index in [4.69, 9.17) is 5.73 Å². The van der Waals surface area contributed by atoms with Gasteiger partial charge >= 0.3 is 11.9 Å². The Labute approximate surface area is 178 Å². The standard InChI is InChI=1S/C20H24F6N4O2/c1-8-15-13(18(31)28-19(32)30(15)10-2-3-10)12(17(22)23)14(21)16(8)29-5-4-9(7-29)11(27)6-20(24,25)26/h9-11,14,16-17H,2-7,27H2,1H3,(H,28,31,32). The lowest BCUT2D eigenvalue weighted by Gasteiger charge is -2.35. The van der Waals surface area contributed by atoms with Crippen LogP contribution in [0, 0.1) is 5.92 Å². The first kappa shape index (κ1) is 23.1. The molecule has 4 atom stereocenters. The van der Waals surface area contributed by atoms with Crippen molar-refractivity contribution in [1.82, 2.24) is 14.5 Å². The van der Waals surface area contributed by atoms with Crippen LogP contribution in [0.1, 0.15) is 38.6 Å². The molecule has 12 heteroatoms. The summed E-state index contributed by atoms with van der Waals surface area (Å²) in [4.78, 5) is 28.4. The number of fused-ring (bicyclic) bond motifs is 1. The molecule has 0 bridgehead atoms. The highest BCUT2D eigenvalue weighted by molar-refractivity contribution is 5.65. The van der Waals surface area contributed by atoms with E-state index in [9.17, 15) is 31.5 Å². The molecule has 6 nitrogen and oxygen atoms in total. The first-order chi connectivity index (χ1) is 14.9. The molecule has 178 valence electrons. The highest BCUT2D eigenvalue weighted by atomic mass is 19.4. The maximum atomic E-state index is 15.5. The summed E-state index contributed by atoms with van der Waals surface area (Å²) in [6.45, 7) is 1.66. The second-order valence-electron chi connectivity index (χ2n) is 8.90. The Balaban J connectivity index is 1.81. The van der Waals surface area contributed by atoms with Gasteiger partial charge in [-0.1, -0.05) is 0 Å². The first-order valence-corrected chi connectivity index (χ1v) is 10.5. The fraction of sp³-hybridized carbons (Fsp3) is 0.700. The number of halogens is 6. The summed E-state index contributed by atoms with van der Waals surface area (Å²) in [6.07, 6.45) is -9.65. The van der Waals surface area contributed by atoms with E-state index >= 15 is 4.39 Å².